The fraction of sp³-hybridized carbons (Fsp3) is 0.400. The molecule has 50 valence electrons. The van der Waals surface area contributed by atoms with Crippen LogP contribution in [0.25, 0.3) is 0 Å². The van der Waals surface area contributed by atoms with Crippen molar-refractivity contribution in [2.45, 2.75) is 0 Å². The molecule has 0 spiro atoms. The van der Waals surface area contributed by atoms with Crippen LogP contribution in [0.5, 0.6) is 0 Å². The van der Waals surface area contributed by atoms with Crippen LogP contribution in [0, 0.1) is 0 Å². The van der Waals surface area contributed by atoms with Gasteiger partial charge in [-0.2, -0.15) is 0 Å². The van der Waals surface area contributed by atoms with Gasteiger partial charge in [-0.3, -0.25) is 4.99 Å². The van der Waals surface area contributed by atoms with Crippen LogP contribution in [0.3, 0.4) is 0 Å². The van der Waals surface area contributed by atoms with E-state index in [9.17, 15) is 0 Å². The zero-order chi connectivity index (χ0) is 6.69. The van der Waals surface area contributed by atoms with Gasteiger partial charge in [-0.1, -0.05) is 0 Å². The number of allylic oxidation sites excluding steroid dienone is 1. The van der Waals surface area contributed by atoms with E-state index in [-0.39, 0.29) is 0 Å². The molecule has 0 bridgehead atoms. The van der Waals surface area contributed by atoms with E-state index in [1.165, 1.54) is 0 Å². The predicted molar refractivity (Wildman–Crippen MR) is 36.5 cm³/mol. The molecule has 0 aliphatic carbocycles. The number of nitrogens with one attached hydrogen (secondary N) is 1. The van der Waals surface area contributed by atoms with Crippen LogP contribution in [0.1, 0.15) is 0 Å². The maximum atomic E-state index is 5.17. The van der Waals surface area contributed by atoms with E-state index in [2.05, 4.69) is 10.4 Å². The third-order valence-electron chi connectivity index (χ3n) is 1.19. The average Bonchev–Trinajstić information content (AvgIpc) is 1.89. The van der Waals surface area contributed by atoms with Crippen LogP contribution in [0.4, 0.5) is 0 Å². The van der Waals surface area contributed by atoms with Gasteiger partial charge >= 0.3 is 0 Å². The summed E-state index contributed by atoms with van der Waals surface area (Å²) in [6.45, 7) is 0.677. The summed E-state index contributed by atoms with van der Waals surface area (Å²) in [5.41, 5.74) is 2.55. The van der Waals surface area contributed by atoms with E-state index < -0.39 is 0 Å². The van der Waals surface area contributed by atoms with Gasteiger partial charge in [-0.25, -0.2) is 5.84 Å². The first kappa shape index (κ1) is 6.10. The standard InChI is InChI=1S/C5H10N4/c1-9-4-7-3-2-5(9)8-6/h2-3,8H,4,6H2,1H3. The van der Waals surface area contributed by atoms with Crippen molar-refractivity contribution in [1.29, 1.82) is 0 Å². The molecule has 0 unspecified atom stereocenters. The van der Waals surface area contributed by atoms with Gasteiger partial charge in [0, 0.05) is 13.3 Å². The molecule has 0 fully saturated rings. The molecule has 1 rings (SSSR count). The Hall–Kier alpha value is -1.03. The minimum Gasteiger partial charge on any atom is -0.341 e. The van der Waals surface area contributed by atoms with Crippen LogP contribution in [-0.2, 0) is 0 Å². The Labute approximate surface area is 54.0 Å². The number of nitrogens with zero attached hydrogens (tertiary/aromatic N) is 2. The minimum atomic E-state index is 0.677. The molecule has 0 aromatic heterocycles. The van der Waals surface area contributed by atoms with Crippen LogP contribution in [0.2, 0.25) is 0 Å². The summed E-state index contributed by atoms with van der Waals surface area (Å²) in [6.07, 6.45) is 3.55. The minimum absolute atomic E-state index is 0.677. The summed E-state index contributed by atoms with van der Waals surface area (Å²) < 4.78 is 0. The van der Waals surface area contributed by atoms with Crippen molar-refractivity contribution in [3.8, 4) is 0 Å². The van der Waals surface area contributed by atoms with E-state index in [1.807, 2.05) is 18.0 Å². The molecule has 4 nitrogen and oxygen atoms in total. The second kappa shape index (κ2) is 2.50. The van der Waals surface area contributed by atoms with Gasteiger partial charge < -0.3 is 10.3 Å². The number of nitrogens with two attached hydrogens (primary N) is 1. The van der Waals surface area contributed by atoms with E-state index in [0.717, 1.165) is 5.82 Å². The zero-order valence-corrected chi connectivity index (χ0v) is 5.33. The molecule has 0 saturated heterocycles. The predicted octanol–water partition coefficient (Wildman–Crippen LogP) is -0.735. The van der Waals surface area contributed by atoms with Crippen LogP contribution in [-0.4, -0.2) is 24.8 Å². The summed E-state index contributed by atoms with van der Waals surface area (Å²) >= 11 is 0. The normalized spacial score (nSPS) is 17.6. The number of hydrazine groups is 1. The highest BCUT2D eigenvalue weighted by Gasteiger charge is 2.01. The summed E-state index contributed by atoms with van der Waals surface area (Å²) in [6, 6.07) is 0. The molecule has 3 N–H and O–H groups in total. The van der Waals surface area contributed by atoms with Crippen LogP contribution < -0.4 is 11.3 Å². The maximum Gasteiger partial charge on any atom is 0.118 e. The second-order valence-corrected chi connectivity index (χ2v) is 1.87. The molecule has 0 saturated carbocycles. The molecule has 0 aromatic rings. The topological polar surface area (TPSA) is 53.6 Å². The first-order valence-electron chi connectivity index (χ1n) is 2.72. The average molecular weight is 126 g/mol. The van der Waals surface area contributed by atoms with Crippen molar-refractivity contribution >= 4 is 6.21 Å². The lowest BCUT2D eigenvalue weighted by Crippen LogP contribution is -2.34. The van der Waals surface area contributed by atoms with Gasteiger partial charge in [0.2, 0.25) is 0 Å². The third kappa shape index (κ3) is 1.20. The van der Waals surface area contributed by atoms with Gasteiger partial charge in [-0.05, 0) is 6.08 Å². The molecule has 4 heteroatoms. The highest BCUT2D eigenvalue weighted by Crippen LogP contribution is 1.97. The Bertz CT molecular complexity index is 149. The highest BCUT2D eigenvalue weighted by atomic mass is 15.4. The van der Waals surface area contributed by atoms with Crippen molar-refractivity contribution in [1.82, 2.24) is 10.3 Å². The van der Waals surface area contributed by atoms with Gasteiger partial charge in [-0.15, -0.1) is 0 Å². The molecule has 1 heterocycles. The van der Waals surface area contributed by atoms with Gasteiger partial charge in [0.05, 0.1) is 0 Å². The molecule has 0 amide bonds. The van der Waals surface area contributed by atoms with E-state index in [4.69, 9.17) is 5.84 Å². The maximum absolute atomic E-state index is 5.17. The summed E-state index contributed by atoms with van der Waals surface area (Å²) in [7, 11) is 1.92. The summed E-state index contributed by atoms with van der Waals surface area (Å²) in [5, 5.41) is 0. The molecule has 0 aromatic carbocycles. The van der Waals surface area contributed by atoms with Crippen molar-refractivity contribution in [3.05, 3.63) is 11.9 Å². The van der Waals surface area contributed by atoms with E-state index >= 15 is 0 Å². The number of hydrogen-bond acceptors (Lipinski definition) is 4. The van der Waals surface area contributed by atoms with E-state index in [1.54, 1.807) is 6.21 Å². The lowest BCUT2D eigenvalue weighted by atomic mass is 10.5. The first-order chi connectivity index (χ1) is 4.34. The molecular formula is C5H10N4. The van der Waals surface area contributed by atoms with Crippen LogP contribution >= 0.6 is 0 Å². The van der Waals surface area contributed by atoms with Gasteiger partial charge in [0.15, 0.2) is 0 Å². The third-order valence-corrected chi connectivity index (χ3v) is 1.19. The Morgan fingerprint density at radius 1 is 1.89 bits per heavy atom. The Balaban J connectivity index is 2.63. The van der Waals surface area contributed by atoms with Crippen molar-refractivity contribution in [2.24, 2.45) is 10.8 Å². The summed E-state index contributed by atoms with van der Waals surface area (Å²) in [5.74, 6) is 6.07. The molecule has 0 radical (unpaired) electrons. The monoisotopic (exact) mass is 126 g/mol. The van der Waals surface area contributed by atoms with Gasteiger partial charge in [0.25, 0.3) is 0 Å². The second-order valence-electron chi connectivity index (χ2n) is 1.87. The Morgan fingerprint density at radius 3 is 3.11 bits per heavy atom. The SMILES string of the molecule is CN1CN=CC=C1NN. The largest absolute Gasteiger partial charge is 0.341 e. The molecule has 1 aliphatic rings. The molecule has 0 atom stereocenters. The quantitative estimate of drug-likeness (QED) is 0.359. The van der Waals surface area contributed by atoms with E-state index in [0.29, 0.717) is 6.67 Å². The fourth-order valence-corrected chi connectivity index (χ4v) is 0.655. The Kier molecular flexibility index (Phi) is 1.69. The molecule has 1 aliphatic heterocycles. The lowest BCUT2D eigenvalue weighted by molar-refractivity contribution is 0.395. The smallest absolute Gasteiger partial charge is 0.118 e. The number of aliphatic imine (C=N–C) groups is 1. The Morgan fingerprint density at radius 2 is 2.67 bits per heavy atom. The number of hydrogen-bond donors (Lipinski definition) is 2. The zero-order valence-electron chi connectivity index (χ0n) is 5.33. The number of rotatable bonds is 1. The fourth-order valence-electron chi connectivity index (χ4n) is 0.655. The summed E-state index contributed by atoms with van der Waals surface area (Å²) in [4.78, 5) is 5.90. The molecular weight excluding hydrogens is 116 g/mol. The van der Waals surface area contributed by atoms with Crippen LogP contribution in [0.15, 0.2) is 16.9 Å². The van der Waals surface area contributed by atoms with Crippen molar-refractivity contribution in [2.75, 3.05) is 13.7 Å². The van der Waals surface area contributed by atoms with Gasteiger partial charge in [0.1, 0.15) is 12.5 Å². The van der Waals surface area contributed by atoms with Crippen molar-refractivity contribution in [3.63, 3.8) is 0 Å². The van der Waals surface area contributed by atoms with Crippen molar-refractivity contribution < 1.29 is 0 Å². The highest BCUT2D eigenvalue weighted by molar-refractivity contribution is 5.72. The first-order valence-corrected chi connectivity index (χ1v) is 2.72. The molecule has 9 heavy (non-hydrogen) atoms. The lowest BCUT2D eigenvalue weighted by Gasteiger charge is -2.21.